The molecule has 0 radical (unpaired) electrons. The van der Waals surface area contributed by atoms with E-state index >= 15 is 0 Å². The SMILES string of the molecule is Cn1c(=O)[nH]c(=O)c2cc(Cl)ccc21. The highest BCUT2D eigenvalue weighted by Crippen LogP contribution is 2.13. The highest BCUT2D eigenvalue weighted by atomic mass is 35.5. The first-order valence-electron chi connectivity index (χ1n) is 3.98. The lowest BCUT2D eigenvalue weighted by Crippen LogP contribution is -2.28. The first-order valence-corrected chi connectivity index (χ1v) is 4.36. The number of rotatable bonds is 0. The lowest BCUT2D eigenvalue weighted by Gasteiger charge is -2.02. The van der Waals surface area contributed by atoms with Crippen molar-refractivity contribution in [2.45, 2.75) is 0 Å². The Morgan fingerprint density at radius 3 is 2.79 bits per heavy atom. The Morgan fingerprint density at radius 2 is 2.07 bits per heavy atom. The third-order valence-corrected chi connectivity index (χ3v) is 2.32. The molecule has 0 aliphatic heterocycles. The van der Waals surface area contributed by atoms with Crippen LogP contribution in [0.1, 0.15) is 0 Å². The molecule has 0 fully saturated rings. The van der Waals surface area contributed by atoms with Crippen LogP contribution in [0, 0.1) is 0 Å². The summed E-state index contributed by atoms with van der Waals surface area (Å²) in [6.45, 7) is 0. The summed E-state index contributed by atoms with van der Waals surface area (Å²) in [5.41, 5.74) is -0.265. The number of nitrogens with zero attached hydrogens (tertiary/aromatic N) is 1. The van der Waals surface area contributed by atoms with Gasteiger partial charge in [0.2, 0.25) is 0 Å². The first-order chi connectivity index (χ1) is 6.59. The maximum absolute atomic E-state index is 11.4. The number of halogens is 1. The van der Waals surface area contributed by atoms with E-state index in [-0.39, 0.29) is 0 Å². The second-order valence-electron chi connectivity index (χ2n) is 2.98. The Labute approximate surface area is 83.8 Å². The molecule has 1 aromatic heterocycles. The predicted octanol–water partition coefficient (Wildman–Crippen LogP) is 0.880. The molecular weight excluding hydrogens is 204 g/mol. The van der Waals surface area contributed by atoms with Gasteiger partial charge in [-0.25, -0.2) is 4.79 Å². The van der Waals surface area contributed by atoms with Crippen LogP contribution in [0.3, 0.4) is 0 Å². The molecule has 2 aromatic rings. The van der Waals surface area contributed by atoms with E-state index in [1.165, 1.54) is 10.6 Å². The van der Waals surface area contributed by atoms with Crippen molar-refractivity contribution in [2.75, 3.05) is 0 Å². The third kappa shape index (κ3) is 1.24. The van der Waals surface area contributed by atoms with Crippen molar-refractivity contribution in [2.24, 2.45) is 7.05 Å². The fourth-order valence-electron chi connectivity index (χ4n) is 1.34. The zero-order valence-corrected chi connectivity index (χ0v) is 8.13. The summed E-state index contributed by atoms with van der Waals surface area (Å²) < 4.78 is 1.37. The Kier molecular flexibility index (Phi) is 1.93. The highest BCUT2D eigenvalue weighted by Gasteiger charge is 2.03. The van der Waals surface area contributed by atoms with E-state index in [9.17, 15) is 9.59 Å². The number of aromatic amines is 1. The van der Waals surface area contributed by atoms with E-state index in [0.717, 1.165) is 0 Å². The van der Waals surface area contributed by atoms with E-state index in [0.29, 0.717) is 15.9 Å². The minimum Gasteiger partial charge on any atom is -0.296 e. The molecule has 72 valence electrons. The average molecular weight is 211 g/mol. The molecule has 0 aliphatic carbocycles. The summed E-state index contributed by atoms with van der Waals surface area (Å²) in [5, 5.41) is 0.890. The van der Waals surface area contributed by atoms with Gasteiger partial charge in [-0.05, 0) is 18.2 Å². The Morgan fingerprint density at radius 1 is 1.36 bits per heavy atom. The maximum Gasteiger partial charge on any atom is 0.328 e. The van der Waals surface area contributed by atoms with Crippen LogP contribution in [0.25, 0.3) is 10.9 Å². The van der Waals surface area contributed by atoms with Crippen LogP contribution in [-0.2, 0) is 7.05 Å². The summed E-state index contributed by atoms with van der Waals surface area (Å²) in [4.78, 5) is 24.8. The van der Waals surface area contributed by atoms with Crippen molar-refractivity contribution < 1.29 is 0 Å². The van der Waals surface area contributed by atoms with Crippen LogP contribution in [0.15, 0.2) is 27.8 Å². The summed E-state index contributed by atoms with van der Waals surface area (Å²) in [6.07, 6.45) is 0. The fourth-order valence-corrected chi connectivity index (χ4v) is 1.51. The summed E-state index contributed by atoms with van der Waals surface area (Å²) in [5.74, 6) is 0. The van der Waals surface area contributed by atoms with Gasteiger partial charge < -0.3 is 0 Å². The van der Waals surface area contributed by atoms with E-state index in [1.54, 1.807) is 19.2 Å². The number of aryl methyl sites for hydroxylation is 1. The monoisotopic (exact) mass is 210 g/mol. The minimum absolute atomic E-state index is 0.411. The standard InChI is InChI=1S/C9H7ClN2O2/c1-12-7-3-2-5(10)4-6(7)8(13)11-9(12)14/h2-4H,1H3,(H,11,13,14). The van der Waals surface area contributed by atoms with Crippen LogP contribution in [0.2, 0.25) is 5.02 Å². The van der Waals surface area contributed by atoms with Crippen LogP contribution in [0.5, 0.6) is 0 Å². The van der Waals surface area contributed by atoms with Crippen molar-refractivity contribution in [3.05, 3.63) is 44.1 Å². The predicted molar refractivity (Wildman–Crippen MR) is 54.8 cm³/mol. The molecule has 2 rings (SSSR count). The van der Waals surface area contributed by atoms with Crippen LogP contribution >= 0.6 is 11.6 Å². The van der Waals surface area contributed by atoms with Crippen molar-refractivity contribution >= 4 is 22.5 Å². The second kappa shape index (κ2) is 2.99. The van der Waals surface area contributed by atoms with Gasteiger partial charge in [0.1, 0.15) is 0 Å². The first kappa shape index (κ1) is 9.02. The number of hydrogen-bond acceptors (Lipinski definition) is 2. The van der Waals surface area contributed by atoms with Gasteiger partial charge in [0.15, 0.2) is 0 Å². The second-order valence-corrected chi connectivity index (χ2v) is 3.42. The quantitative estimate of drug-likeness (QED) is 0.702. The largest absolute Gasteiger partial charge is 0.328 e. The van der Waals surface area contributed by atoms with Crippen molar-refractivity contribution in [3.8, 4) is 0 Å². The molecule has 0 saturated carbocycles. The molecule has 0 unspecified atom stereocenters. The number of hydrogen-bond donors (Lipinski definition) is 1. The molecule has 0 amide bonds. The molecule has 0 saturated heterocycles. The molecule has 0 spiro atoms. The molecule has 4 nitrogen and oxygen atoms in total. The van der Waals surface area contributed by atoms with Crippen LogP contribution in [-0.4, -0.2) is 9.55 Å². The Bertz CT molecular complexity index is 612. The zero-order valence-electron chi connectivity index (χ0n) is 7.37. The van der Waals surface area contributed by atoms with Crippen molar-refractivity contribution in [3.63, 3.8) is 0 Å². The number of H-pyrrole nitrogens is 1. The Balaban J connectivity index is 3.10. The highest BCUT2D eigenvalue weighted by molar-refractivity contribution is 6.31. The number of aromatic nitrogens is 2. The lowest BCUT2D eigenvalue weighted by molar-refractivity contribution is 0.843. The van der Waals surface area contributed by atoms with E-state index in [2.05, 4.69) is 4.98 Å². The number of nitrogens with one attached hydrogen (secondary N) is 1. The zero-order chi connectivity index (χ0) is 10.3. The van der Waals surface area contributed by atoms with Gasteiger partial charge in [0.25, 0.3) is 5.56 Å². The van der Waals surface area contributed by atoms with E-state index in [1.807, 2.05) is 0 Å². The molecule has 0 aliphatic rings. The van der Waals surface area contributed by atoms with Gasteiger partial charge in [0.05, 0.1) is 10.9 Å². The van der Waals surface area contributed by atoms with Crippen molar-refractivity contribution in [1.29, 1.82) is 0 Å². The van der Waals surface area contributed by atoms with Crippen LogP contribution in [0.4, 0.5) is 0 Å². The smallest absolute Gasteiger partial charge is 0.296 e. The van der Waals surface area contributed by atoms with Gasteiger partial charge in [-0.15, -0.1) is 0 Å². The number of fused-ring (bicyclic) bond motifs is 1. The molecule has 14 heavy (non-hydrogen) atoms. The molecule has 1 N–H and O–H groups in total. The summed E-state index contributed by atoms with van der Waals surface area (Å²) in [6, 6.07) is 4.83. The fraction of sp³-hybridized carbons (Fsp3) is 0.111. The minimum atomic E-state index is -0.426. The topological polar surface area (TPSA) is 54.9 Å². The molecule has 5 heteroatoms. The molecule has 0 atom stereocenters. The van der Waals surface area contributed by atoms with Gasteiger partial charge in [-0.2, -0.15) is 0 Å². The van der Waals surface area contributed by atoms with Gasteiger partial charge >= 0.3 is 5.69 Å². The van der Waals surface area contributed by atoms with Gasteiger partial charge in [0, 0.05) is 12.1 Å². The lowest BCUT2D eigenvalue weighted by atomic mass is 10.2. The van der Waals surface area contributed by atoms with Gasteiger partial charge in [-0.1, -0.05) is 11.6 Å². The normalized spacial score (nSPS) is 10.7. The van der Waals surface area contributed by atoms with Crippen LogP contribution < -0.4 is 11.2 Å². The number of benzene rings is 1. The summed E-state index contributed by atoms with van der Waals surface area (Å²) >= 11 is 5.74. The maximum atomic E-state index is 11.4. The van der Waals surface area contributed by atoms with Gasteiger partial charge in [-0.3, -0.25) is 14.3 Å². The average Bonchev–Trinajstić information content (AvgIpc) is 2.14. The molecular formula is C9H7ClN2O2. The molecule has 1 heterocycles. The van der Waals surface area contributed by atoms with E-state index in [4.69, 9.17) is 11.6 Å². The molecule has 0 bridgehead atoms. The third-order valence-electron chi connectivity index (χ3n) is 2.09. The summed E-state index contributed by atoms with van der Waals surface area (Å²) in [7, 11) is 1.59. The molecule has 1 aromatic carbocycles. The van der Waals surface area contributed by atoms with Crippen molar-refractivity contribution in [1.82, 2.24) is 9.55 Å². The van der Waals surface area contributed by atoms with E-state index < -0.39 is 11.2 Å². The Hall–Kier alpha value is -1.55.